The van der Waals surface area contributed by atoms with Gasteiger partial charge in [-0.15, -0.1) is 0 Å². The first-order chi connectivity index (χ1) is 7.25. The summed E-state index contributed by atoms with van der Waals surface area (Å²) in [5.74, 6) is 1.01. The Kier molecular flexibility index (Phi) is 3.62. The van der Waals surface area contributed by atoms with Gasteiger partial charge in [-0.3, -0.25) is 4.79 Å². The van der Waals surface area contributed by atoms with Gasteiger partial charge in [-0.05, 0) is 38.1 Å². The van der Waals surface area contributed by atoms with E-state index in [4.69, 9.17) is 0 Å². The zero-order valence-corrected chi connectivity index (χ0v) is 9.59. The fourth-order valence-electron chi connectivity index (χ4n) is 2.78. The SMILES string of the molecule is CC1CCCC(NC(=O)[C@@H]2CCCN2)C1. The second-order valence-electron chi connectivity index (χ2n) is 5.13. The van der Waals surface area contributed by atoms with E-state index < -0.39 is 0 Å². The summed E-state index contributed by atoms with van der Waals surface area (Å²) in [6.45, 7) is 3.28. The lowest BCUT2D eigenvalue weighted by Crippen LogP contribution is -2.46. The third-order valence-electron chi connectivity index (χ3n) is 3.66. The number of carbonyl (C=O) groups excluding carboxylic acids is 1. The van der Waals surface area contributed by atoms with Gasteiger partial charge in [0.2, 0.25) is 5.91 Å². The molecule has 1 saturated heterocycles. The van der Waals surface area contributed by atoms with Crippen LogP contribution in [0.4, 0.5) is 0 Å². The van der Waals surface area contributed by atoms with Crippen LogP contribution < -0.4 is 10.6 Å². The third kappa shape index (κ3) is 2.94. The Morgan fingerprint density at radius 2 is 2.13 bits per heavy atom. The van der Waals surface area contributed by atoms with Crippen LogP contribution in [0.1, 0.15) is 45.4 Å². The van der Waals surface area contributed by atoms with Crippen LogP contribution in [0.2, 0.25) is 0 Å². The van der Waals surface area contributed by atoms with Crippen LogP contribution in [0.25, 0.3) is 0 Å². The minimum absolute atomic E-state index is 0.0854. The molecular weight excluding hydrogens is 188 g/mol. The molecule has 2 N–H and O–H groups in total. The van der Waals surface area contributed by atoms with E-state index in [0.29, 0.717) is 6.04 Å². The second kappa shape index (κ2) is 4.97. The van der Waals surface area contributed by atoms with Gasteiger partial charge in [0.25, 0.3) is 0 Å². The number of nitrogens with one attached hydrogen (secondary N) is 2. The van der Waals surface area contributed by atoms with Gasteiger partial charge in [0.05, 0.1) is 6.04 Å². The van der Waals surface area contributed by atoms with E-state index >= 15 is 0 Å². The Morgan fingerprint density at radius 3 is 2.80 bits per heavy atom. The van der Waals surface area contributed by atoms with Crippen LogP contribution >= 0.6 is 0 Å². The summed E-state index contributed by atoms with van der Waals surface area (Å²) < 4.78 is 0. The summed E-state index contributed by atoms with van der Waals surface area (Å²) in [7, 11) is 0. The molecule has 1 aliphatic carbocycles. The Morgan fingerprint density at radius 1 is 1.27 bits per heavy atom. The zero-order chi connectivity index (χ0) is 10.7. The van der Waals surface area contributed by atoms with Crippen molar-refractivity contribution in [3.05, 3.63) is 0 Å². The predicted molar refractivity (Wildman–Crippen MR) is 60.6 cm³/mol. The third-order valence-corrected chi connectivity index (χ3v) is 3.66. The normalized spacial score (nSPS) is 36.5. The first-order valence-electron chi connectivity index (χ1n) is 6.29. The van der Waals surface area contributed by atoms with Gasteiger partial charge in [0, 0.05) is 6.04 Å². The molecular formula is C12H22N2O. The van der Waals surface area contributed by atoms with E-state index in [2.05, 4.69) is 17.6 Å². The Labute approximate surface area is 92.0 Å². The summed E-state index contributed by atoms with van der Waals surface area (Å²) in [5, 5.41) is 6.43. The highest BCUT2D eigenvalue weighted by molar-refractivity contribution is 5.82. The van der Waals surface area contributed by atoms with Crippen molar-refractivity contribution in [2.24, 2.45) is 5.92 Å². The van der Waals surface area contributed by atoms with E-state index in [0.717, 1.165) is 25.3 Å². The quantitative estimate of drug-likeness (QED) is 0.724. The van der Waals surface area contributed by atoms with Gasteiger partial charge in [0.1, 0.15) is 0 Å². The minimum atomic E-state index is 0.0854. The molecule has 0 radical (unpaired) electrons. The largest absolute Gasteiger partial charge is 0.352 e. The monoisotopic (exact) mass is 210 g/mol. The minimum Gasteiger partial charge on any atom is -0.352 e. The topological polar surface area (TPSA) is 41.1 Å². The smallest absolute Gasteiger partial charge is 0.237 e. The molecule has 2 fully saturated rings. The molecule has 1 saturated carbocycles. The lowest BCUT2D eigenvalue weighted by Gasteiger charge is -2.28. The number of rotatable bonds is 2. The van der Waals surface area contributed by atoms with Crippen molar-refractivity contribution in [3.8, 4) is 0 Å². The highest BCUT2D eigenvalue weighted by Crippen LogP contribution is 2.23. The highest BCUT2D eigenvalue weighted by Gasteiger charge is 2.26. The number of carbonyl (C=O) groups is 1. The standard InChI is InChI=1S/C12H22N2O/c1-9-4-2-5-10(8-9)14-12(15)11-6-3-7-13-11/h9-11,13H,2-8H2,1H3,(H,14,15)/t9?,10?,11-/m0/s1. The molecule has 3 nitrogen and oxygen atoms in total. The molecule has 0 spiro atoms. The van der Waals surface area contributed by atoms with Gasteiger partial charge < -0.3 is 10.6 Å². The Bertz CT molecular complexity index is 224. The Hall–Kier alpha value is -0.570. The molecule has 1 aliphatic heterocycles. The van der Waals surface area contributed by atoms with Crippen molar-refractivity contribution in [1.29, 1.82) is 0 Å². The van der Waals surface area contributed by atoms with Gasteiger partial charge in [0.15, 0.2) is 0 Å². The van der Waals surface area contributed by atoms with Gasteiger partial charge >= 0.3 is 0 Å². The van der Waals surface area contributed by atoms with Crippen LogP contribution in [-0.2, 0) is 4.79 Å². The molecule has 0 aromatic carbocycles. The molecule has 1 amide bonds. The molecule has 86 valence electrons. The first kappa shape index (κ1) is 10.9. The molecule has 15 heavy (non-hydrogen) atoms. The van der Waals surface area contributed by atoms with Crippen molar-refractivity contribution >= 4 is 5.91 Å². The van der Waals surface area contributed by atoms with Crippen LogP contribution in [0.3, 0.4) is 0 Å². The summed E-state index contributed by atoms with van der Waals surface area (Å²) in [6, 6.07) is 0.519. The van der Waals surface area contributed by atoms with Crippen molar-refractivity contribution in [1.82, 2.24) is 10.6 Å². The van der Waals surface area contributed by atoms with E-state index in [-0.39, 0.29) is 11.9 Å². The molecule has 0 aromatic heterocycles. The van der Waals surface area contributed by atoms with E-state index in [1.807, 2.05) is 0 Å². The average Bonchev–Trinajstić information content (AvgIpc) is 2.70. The second-order valence-corrected chi connectivity index (χ2v) is 5.13. The maximum Gasteiger partial charge on any atom is 0.237 e. The summed E-state index contributed by atoms with van der Waals surface area (Å²) >= 11 is 0. The molecule has 0 bridgehead atoms. The van der Waals surface area contributed by atoms with Crippen molar-refractivity contribution in [3.63, 3.8) is 0 Å². The Balaban J connectivity index is 1.77. The number of hydrogen-bond donors (Lipinski definition) is 2. The molecule has 2 aliphatic rings. The predicted octanol–water partition coefficient (Wildman–Crippen LogP) is 1.43. The van der Waals surface area contributed by atoms with Crippen LogP contribution in [0.15, 0.2) is 0 Å². The molecule has 2 unspecified atom stereocenters. The van der Waals surface area contributed by atoms with E-state index in [1.54, 1.807) is 0 Å². The molecule has 1 heterocycles. The average molecular weight is 210 g/mol. The summed E-state index contributed by atoms with van der Waals surface area (Å²) in [6.07, 6.45) is 7.08. The lowest BCUT2D eigenvalue weighted by molar-refractivity contribution is -0.123. The zero-order valence-electron chi connectivity index (χ0n) is 9.59. The van der Waals surface area contributed by atoms with Crippen LogP contribution in [0, 0.1) is 5.92 Å². The van der Waals surface area contributed by atoms with Crippen molar-refractivity contribution in [2.75, 3.05) is 6.54 Å². The first-order valence-corrected chi connectivity index (χ1v) is 6.29. The maximum absolute atomic E-state index is 11.8. The number of hydrogen-bond acceptors (Lipinski definition) is 2. The molecule has 3 heteroatoms. The summed E-state index contributed by atoms with van der Waals surface area (Å²) in [5.41, 5.74) is 0. The van der Waals surface area contributed by atoms with Gasteiger partial charge in [-0.2, -0.15) is 0 Å². The van der Waals surface area contributed by atoms with Crippen LogP contribution in [-0.4, -0.2) is 24.5 Å². The highest BCUT2D eigenvalue weighted by atomic mass is 16.2. The maximum atomic E-state index is 11.8. The van der Waals surface area contributed by atoms with Gasteiger partial charge in [-0.25, -0.2) is 0 Å². The van der Waals surface area contributed by atoms with Gasteiger partial charge in [-0.1, -0.05) is 19.8 Å². The summed E-state index contributed by atoms with van der Waals surface area (Å²) in [4.78, 5) is 11.8. The molecule has 0 aromatic rings. The number of amides is 1. The van der Waals surface area contributed by atoms with E-state index in [1.165, 1.54) is 25.7 Å². The lowest BCUT2D eigenvalue weighted by atomic mass is 9.87. The van der Waals surface area contributed by atoms with Crippen molar-refractivity contribution in [2.45, 2.75) is 57.5 Å². The molecule has 3 atom stereocenters. The van der Waals surface area contributed by atoms with Crippen LogP contribution in [0.5, 0.6) is 0 Å². The fourth-order valence-corrected chi connectivity index (χ4v) is 2.78. The van der Waals surface area contributed by atoms with Crippen molar-refractivity contribution < 1.29 is 4.79 Å². The van der Waals surface area contributed by atoms with E-state index in [9.17, 15) is 4.79 Å². The molecule has 2 rings (SSSR count). The fraction of sp³-hybridized carbons (Fsp3) is 0.917.